The maximum atomic E-state index is 11.5. The van der Waals surface area contributed by atoms with Crippen molar-refractivity contribution in [2.75, 3.05) is 20.6 Å². The second-order valence-corrected chi connectivity index (χ2v) is 4.41. The van der Waals surface area contributed by atoms with Gasteiger partial charge in [-0.25, -0.2) is 9.59 Å². The van der Waals surface area contributed by atoms with Crippen molar-refractivity contribution >= 4 is 12.0 Å². The minimum absolute atomic E-state index is 0.0173. The Kier molecular flexibility index (Phi) is 7.29. The molecule has 0 aliphatic rings. The highest BCUT2D eigenvalue weighted by atomic mass is 16.4. The molecule has 0 saturated carbocycles. The molecule has 0 heterocycles. The summed E-state index contributed by atoms with van der Waals surface area (Å²) in [5, 5.41) is 13.9. The van der Waals surface area contributed by atoms with Crippen LogP contribution in [0.5, 0.6) is 0 Å². The van der Waals surface area contributed by atoms with Crippen LogP contribution in [-0.4, -0.2) is 54.7 Å². The SMILES string of the molecule is CC[C@@H](NC(=O)NC(C)CCN(C)C)C(=O)O. The molecule has 0 fully saturated rings. The maximum Gasteiger partial charge on any atom is 0.326 e. The Morgan fingerprint density at radius 3 is 2.29 bits per heavy atom. The van der Waals surface area contributed by atoms with Crippen molar-refractivity contribution in [2.45, 2.75) is 38.8 Å². The number of amides is 2. The van der Waals surface area contributed by atoms with Gasteiger partial charge in [0.2, 0.25) is 0 Å². The summed E-state index contributed by atoms with van der Waals surface area (Å²) < 4.78 is 0. The number of carboxylic acids is 1. The van der Waals surface area contributed by atoms with Gasteiger partial charge >= 0.3 is 12.0 Å². The van der Waals surface area contributed by atoms with Crippen molar-refractivity contribution in [2.24, 2.45) is 0 Å². The Bertz CT molecular complexity index is 256. The van der Waals surface area contributed by atoms with E-state index in [0.717, 1.165) is 13.0 Å². The van der Waals surface area contributed by atoms with Crippen LogP contribution in [0, 0.1) is 0 Å². The summed E-state index contributed by atoms with van der Waals surface area (Å²) in [6, 6.07) is -1.23. The lowest BCUT2D eigenvalue weighted by Crippen LogP contribution is -2.48. The van der Waals surface area contributed by atoms with E-state index in [2.05, 4.69) is 10.6 Å². The van der Waals surface area contributed by atoms with Crippen LogP contribution in [0.4, 0.5) is 4.79 Å². The molecule has 6 heteroatoms. The molecule has 17 heavy (non-hydrogen) atoms. The highest BCUT2D eigenvalue weighted by Crippen LogP contribution is 1.94. The molecule has 0 aromatic heterocycles. The molecule has 0 spiro atoms. The van der Waals surface area contributed by atoms with Crippen molar-refractivity contribution in [1.82, 2.24) is 15.5 Å². The quantitative estimate of drug-likeness (QED) is 0.609. The number of hydrogen-bond acceptors (Lipinski definition) is 3. The molecule has 2 amide bonds. The average Bonchev–Trinajstić information content (AvgIpc) is 2.22. The number of hydrogen-bond donors (Lipinski definition) is 3. The molecule has 6 nitrogen and oxygen atoms in total. The number of nitrogens with one attached hydrogen (secondary N) is 2. The van der Waals surface area contributed by atoms with Gasteiger partial charge in [-0.1, -0.05) is 6.92 Å². The lowest BCUT2D eigenvalue weighted by molar-refractivity contribution is -0.139. The molecule has 0 radical (unpaired) electrons. The Morgan fingerprint density at radius 1 is 1.29 bits per heavy atom. The van der Waals surface area contributed by atoms with E-state index in [1.807, 2.05) is 25.9 Å². The van der Waals surface area contributed by atoms with E-state index in [-0.39, 0.29) is 6.04 Å². The van der Waals surface area contributed by atoms with Crippen molar-refractivity contribution in [1.29, 1.82) is 0 Å². The van der Waals surface area contributed by atoms with Gasteiger partial charge in [-0.3, -0.25) is 0 Å². The van der Waals surface area contributed by atoms with Crippen LogP contribution >= 0.6 is 0 Å². The summed E-state index contributed by atoms with van der Waals surface area (Å²) in [6.45, 7) is 4.48. The van der Waals surface area contributed by atoms with E-state index in [9.17, 15) is 9.59 Å². The van der Waals surface area contributed by atoms with Crippen LogP contribution in [-0.2, 0) is 4.79 Å². The number of carboxylic acid groups (broad SMARTS) is 1. The molecule has 2 atom stereocenters. The minimum atomic E-state index is -1.01. The first-order chi connectivity index (χ1) is 7.86. The highest BCUT2D eigenvalue weighted by molar-refractivity contribution is 5.82. The Labute approximate surface area is 102 Å². The summed E-state index contributed by atoms with van der Waals surface area (Å²) in [6.07, 6.45) is 1.19. The summed E-state index contributed by atoms with van der Waals surface area (Å²) in [5.74, 6) is -1.01. The van der Waals surface area contributed by atoms with E-state index in [1.54, 1.807) is 6.92 Å². The smallest absolute Gasteiger partial charge is 0.326 e. The molecule has 0 rings (SSSR count). The van der Waals surface area contributed by atoms with Gasteiger partial charge in [-0.05, 0) is 40.4 Å². The van der Waals surface area contributed by atoms with Gasteiger partial charge in [-0.2, -0.15) is 0 Å². The molecule has 100 valence electrons. The molecule has 1 unspecified atom stereocenters. The van der Waals surface area contributed by atoms with Gasteiger partial charge in [0.25, 0.3) is 0 Å². The second kappa shape index (κ2) is 7.89. The fourth-order valence-electron chi connectivity index (χ4n) is 1.29. The van der Waals surface area contributed by atoms with E-state index in [4.69, 9.17) is 5.11 Å². The molecule has 0 bridgehead atoms. The zero-order valence-electron chi connectivity index (χ0n) is 11.0. The molecule has 0 saturated heterocycles. The molecule has 0 aromatic rings. The second-order valence-electron chi connectivity index (χ2n) is 4.41. The summed E-state index contributed by atoms with van der Waals surface area (Å²) >= 11 is 0. The van der Waals surface area contributed by atoms with Gasteiger partial charge in [0.05, 0.1) is 0 Å². The van der Waals surface area contributed by atoms with Gasteiger partial charge < -0.3 is 20.6 Å². The highest BCUT2D eigenvalue weighted by Gasteiger charge is 2.18. The number of aliphatic carboxylic acids is 1. The normalized spacial score (nSPS) is 14.2. The van der Waals surface area contributed by atoms with Gasteiger partial charge in [0.1, 0.15) is 6.04 Å². The first kappa shape index (κ1) is 15.7. The average molecular weight is 245 g/mol. The van der Waals surface area contributed by atoms with Crippen LogP contribution < -0.4 is 10.6 Å². The summed E-state index contributed by atoms with van der Waals surface area (Å²) in [7, 11) is 3.93. The third-order valence-corrected chi connectivity index (χ3v) is 2.40. The number of rotatable bonds is 7. The largest absolute Gasteiger partial charge is 0.480 e. The number of nitrogens with zero attached hydrogens (tertiary/aromatic N) is 1. The Hall–Kier alpha value is -1.30. The molecule has 0 aromatic carbocycles. The predicted molar refractivity (Wildman–Crippen MR) is 66.0 cm³/mol. The van der Waals surface area contributed by atoms with Crippen molar-refractivity contribution in [3.05, 3.63) is 0 Å². The zero-order valence-corrected chi connectivity index (χ0v) is 11.0. The van der Waals surface area contributed by atoms with Crippen LogP contribution in [0.3, 0.4) is 0 Å². The topological polar surface area (TPSA) is 81.7 Å². The van der Waals surface area contributed by atoms with E-state index >= 15 is 0 Å². The Balaban J connectivity index is 3.95. The molecule has 0 aliphatic heterocycles. The number of carbonyl (C=O) groups excluding carboxylic acids is 1. The van der Waals surface area contributed by atoms with Crippen molar-refractivity contribution < 1.29 is 14.7 Å². The van der Waals surface area contributed by atoms with Gasteiger partial charge in [-0.15, -0.1) is 0 Å². The van der Waals surface area contributed by atoms with Gasteiger partial charge in [0, 0.05) is 6.04 Å². The third-order valence-electron chi connectivity index (χ3n) is 2.40. The lowest BCUT2D eigenvalue weighted by Gasteiger charge is -2.19. The fourth-order valence-corrected chi connectivity index (χ4v) is 1.29. The zero-order chi connectivity index (χ0) is 13.4. The predicted octanol–water partition coefficient (Wildman–Crippen LogP) is 0.489. The monoisotopic (exact) mass is 245 g/mol. The summed E-state index contributed by atoms with van der Waals surface area (Å²) in [4.78, 5) is 24.2. The van der Waals surface area contributed by atoms with Crippen LogP contribution in [0.1, 0.15) is 26.7 Å². The number of carbonyl (C=O) groups is 2. The number of urea groups is 1. The first-order valence-electron chi connectivity index (χ1n) is 5.81. The standard InChI is InChI=1S/C11H23N3O3/c1-5-9(10(15)16)13-11(17)12-8(2)6-7-14(3)4/h8-9H,5-7H2,1-4H3,(H,15,16)(H2,12,13,17)/t8?,9-/m1/s1. The van der Waals surface area contributed by atoms with E-state index in [0.29, 0.717) is 6.42 Å². The van der Waals surface area contributed by atoms with Crippen LogP contribution in [0.25, 0.3) is 0 Å². The summed E-state index contributed by atoms with van der Waals surface area (Å²) in [5.41, 5.74) is 0. The third kappa shape index (κ3) is 7.57. The van der Waals surface area contributed by atoms with Crippen molar-refractivity contribution in [3.8, 4) is 0 Å². The Morgan fingerprint density at radius 2 is 1.88 bits per heavy atom. The fraction of sp³-hybridized carbons (Fsp3) is 0.818. The molecular formula is C11H23N3O3. The van der Waals surface area contributed by atoms with E-state index in [1.165, 1.54) is 0 Å². The van der Waals surface area contributed by atoms with E-state index < -0.39 is 18.0 Å². The lowest BCUT2D eigenvalue weighted by atomic mass is 10.2. The van der Waals surface area contributed by atoms with Crippen molar-refractivity contribution in [3.63, 3.8) is 0 Å². The molecule has 0 aliphatic carbocycles. The molecular weight excluding hydrogens is 222 g/mol. The first-order valence-corrected chi connectivity index (χ1v) is 5.81. The van der Waals surface area contributed by atoms with Crippen LogP contribution in [0.15, 0.2) is 0 Å². The maximum absolute atomic E-state index is 11.5. The minimum Gasteiger partial charge on any atom is -0.480 e. The molecule has 3 N–H and O–H groups in total. The van der Waals surface area contributed by atoms with Gasteiger partial charge in [0.15, 0.2) is 0 Å². The van der Waals surface area contributed by atoms with Crippen LogP contribution in [0.2, 0.25) is 0 Å².